The van der Waals surface area contributed by atoms with Crippen LogP contribution in [0.25, 0.3) is 22.0 Å². The standard InChI is InChI=1S/C37H28F2N4O3S/c1-24-21-25(17-20-32(24)47(44,45)29-18-19-29)33-30(22-40)41-23-31-34(33)35(46-36(38)39)42-43(31)37(26-11-5-2-6-12-26,27-13-7-3-8-14-27)28-15-9-4-10-16-28/h2-17,20-21,23,29,36H,18-19H2,1H3. The van der Waals surface area contributed by atoms with E-state index in [9.17, 15) is 22.5 Å². The molecule has 234 valence electrons. The molecule has 7 rings (SSSR count). The van der Waals surface area contributed by atoms with Crippen LogP contribution in [0.4, 0.5) is 8.78 Å². The molecule has 0 radical (unpaired) electrons. The van der Waals surface area contributed by atoms with Crippen LogP contribution in [0.2, 0.25) is 0 Å². The maximum atomic E-state index is 14.2. The third-order valence-electron chi connectivity index (χ3n) is 8.62. The third-order valence-corrected chi connectivity index (χ3v) is 11.0. The molecule has 0 N–H and O–H groups in total. The Labute approximate surface area is 270 Å². The van der Waals surface area contributed by atoms with Crippen molar-refractivity contribution in [2.24, 2.45) is 0 Å². The van der Waals surface area contributed by atoms with E-state index in [4.69, 9.17) is 9.84 Å². The zero-order chi connectivity index (χ0) is 32.8. The average Bonchev–Trinajstić information content (AvgIpc) is 3.90. The summed E-state index contributed by atoms with van der Waals surface area (Å²) in [5.74, 6) is -0.386. The van der Waals surface area contributed by atoms with Crippen LogP contribution in [0.5, 0.6) is 5.88 Å². The molecule has 0 bridgehead atoms. The van der Waals surface area contributed by atoms with Gasteiger partial charge in [0.1, 0.15) is 17.3 Å². The fourth-order valence-electron chi connectivity index (χ4n) is 6.45. The highest BCUT2D eigenvalue weighted by Crippen LogP contribution is 2.46. The molecule has 1 aliphatic carbocycles. The molecule has 0 amide bonds. The number of hydrogen-bond donors (Lipinski definition) is 0. The molecule has 2 heterocycles. The van der Waals surface area contributed by atoms with Crippen molar-refractivity contribution in [1.82, 2.24) is 14.8 Å². The summed E-state index contributed by atoms with van der Waals surface area (Å²) in [7, 11) is -3.51. The van der Waals surface area contributed by atoms with Crippen LogP contribution in [0.1, 0.15) is 40.8 Å². The first kappa shape index (κ1) is 30.3. The molecule has 6 aromatic rings. The van der Waals surface area contributed by atoms with Crippen LogP contribution in [0.3, 0.4) is 0 Å². The van der Waals surface area contributed by atoms with Gasteiger partial charge < -0.3 is 4.74 Å². The predicted octanol–water partition coefficient (Wildman–Crippen LogP) is 7.66. The maximum Gasteiger partial charge on any atom is 0.388 e. The number of aromatic nitrogens is 3. The third kappa shape index (κ3) is 5.04. The van der Waals surface area contributed by atoms with Crippen LogP contribution in [-0.2, 0) is 15.4 Å². The second-order valence-corrected chi connectivity index (χ2v) is 13.7. The van der Waals surface area contributed by atoms with Gasteiger partial charge in [0.2, 0.25) is 5.88 Å². The van der Waals surface area contributed by atoms with Gasteiger partial charge in [0.05, 0.1) is 27.2 Å². The Morgan fingerprint density at radius 1 is 0.894 bits per heavy atom. The summed E-state index contributed by atoms with van der Waals surface area (Å²) in [6, 6.07) is 35.6. The Bertz CT molecular complexity index is 2150. The lowest BCUT2D eigenvalue weighted by atomic mass is 9.77. The Morgan fingerprint density at radius 3 is 1.91 bits per heavy atom. The van der Waals surface area contributed by atoms with Gasteiger partial charge in [-0.2, -0.15) is 14.0 Å². The molecule has 47 heavy (non-hydrogen) atoms. The van der Waals surface area contributed by atoms with E-state index in [1.807, 2.05) is 91.0 Å². The molecule has 10 heteroatoms. The van der Waals surface area contributed by atoms with Crippen molar-refractivity contribution in [3.05, 3.63) is 143 Å². The number of fused-ring (bicyclic) bond motifs is 1. The molecule has 4 aromatic carbocycles. The van der Waals surface area contributed by atoms with Crippen molar-refractivity contribution in [1.29, 1.82) is 5.26 Å². The number of nitrogens with zero attached hydrogens (tertiary/aromatic N) is 4. The second-order valence-electron chi connectivity index (χ2n) is 11.5. The van der Waals surface area contributed by atoms with Gasteiger partial charge >= 0.3 is 6.61 Å². The fourth-order valence-corrected chi connectivity index (χ4v) is 8.33. The summed E-state index contributed by atoms with van der Waals surface area (Å²) in [5.41, 5.74) is 2.59. The highest BCUT2D eigenvalue weighted by molar-refractivity contribution is 7.92. The normalized spacial score (nSPS) is 13.5. The zero-order valence-corrected chi connectivity index (χ0v) is 26.0. The van der Waals surface area contributed by atoms with Crippen molar-refractivity contribution in [3.8, 4) is 23.1 Å². The molecular formula is C37H28F2N4O3S. The van der Waals surface area contributed by atoms with E-state index in [1.54, 1.807) is 23.7 Å². The lowest BCUT2D eigenvalue weighted by Crippen LogP contribution is -2.38. The van der Waals surface area contributed by atoms with Gasteiger partial charge in [-0.15, -0.1) is 5.10 Å². The van der Waals surface area contributed by atoms with Crippen molar-refractivity contribution in [3.63, 3.8) is 0 Å². The molecule has 0 aliphatic heterocycles. The van der Waals surface area contributed by atoms with Gasteiger partial charge in [-0.1, -0.05) is 103 Å². The van der Waals surface area contributed by atoms with E-state index in [1.165, 1.54) is 12.3 Å². The maximum absolute atomic E-state index is 14.2. The van der Waals surface area contributed by atoms with Gasteiger partial charge in [-0.25, -0.2) is 18.1 Å². The minimum absolute atomic E-state index is 0.0434. The van der Waals surface area contributed by atoms with Crippen LogP contribution in [-0.4, -0.2) is 35.0 Å². The molecule has 1 fully saturated rings. The molecule has 1 saturated carbocycles. The van der Waals surface area contributed by atoms with Crippen molar-refractivity contribution in [2.45, 2.75) is 42.1 Å². The quantitative estimate of drug-likeness (QED) is 0.150. The number of benzene rings is 4. The van der Waals surface area contributed by atoms with Crippen molar-refractivity contribution < 1.29 is 21.9 Å². The number of rotatable bonds is 9. The van der Waals surface area contributed by atoms with E-state index in [0.717, 1.165) is 16.7 Å². The number of halogens is 2. The molecule has 2 aromatic heterocycles. The second kappa shape index (κ2) is 11.8. The van der Waals surface area contributed by atoms with E-state index < -0.39 is 27.2 Å². The number of hydrogen-bond acceptors (Lipinski definition) is 6. The minimum Gasteiger partial charge on any atom is -0.415 e. The fraction of sp³-hybridized carbons (Fsp3) is 0.162. The number of aryl methyl sites for hydroxylation is 1. The van der Waals surface area contributed by atoms with Gasteiger partial charge in [0.15, 0.2) is 9.84 Å². The van der Waals surface area contributed by atoms with Crippen LogP contribution >= 0.6 is 0 Å². The molecule has 0 spiro atoms. The average molecular weight is 647 g/mol. The highest BCUT2D eigenvalue weighted by Gasteiger charge is 2.42. The van der Waals surface area contributed by atoms with E-state index >= 15 is 0 Å². The van der Waals surface area contributed by atoms with Crippen LogP contribution in [0, 0.1) is 18.3 Å². The number of sulfone groups is 1. The van der Waals surface area contributed by atoms with Gasteiger partial charge in [0, 0.05) is 5.56 Å². The van der Waals surface area contributed by atoms with E-state index in [-0.39, 0.29) is 27.4 Å². The van der Waals surface area contributed by atoms with Crippen LogP contribution < -0.4 is 4.74 Å². The molecule has 7 nitrogen and oxygen atoms in total. The molecule has 1 aliphatic rings. The van der Waals surface area contributed by atoms with Crippen molar-refractivity contribution in [2.75, 3.05) is 0 Å². The lowest BCUT2D eigenvalue weighted by molar-refractivity contribution is -0.0523. The Morgan fingerprint density at radius 2 is 1.45 bits per heavy atom. The summed E-state index contributed by atoms with van der Waals surface area (Å²) >= 11 is 0. The molecular weight excluding hydrogens is 618 g/mol. The summed E-state index contributed by atoms with van der Waals surface area (Å²) in [6.45, 7) is -1.54. The van der Waals surface area contributed by atoms with E-state index in [0.29, 0.717) is 29.5 Å². The largest absolute Gasteiger partial charge is 0.415 e. The first-order valence-corrected chi connectivity index (χ1v) is 16.6. The number of nitriles is 1. The number of ether oxygens (including phenoxy) is 1. The van der Waals surface area contributed by atoms with Gasteiger partial charge in [-0.3, -0.25) is 0 Å². The SMILES string of the molecule is Cc1cc(-c2c(C#N)ncc3c2c(OC(F)F)nn3C(c2ccccc2)(c2ccccc2)c2ccccc2)ccc1S(=O)(=O)C1CC1. The lowest BCUT2D eigenvalue weighted by Gasteiger charge is -2.36. The summed E-state index contributed by atoms with van der Waals surface area (Å²) in [5, 5.41) is 14.7. The summed E-state index contributed by atoms with van der Waals surface area (Å²) in [6.07, 6.45) is 2.68. The number of pyridine rings is 1. The summed E-state index contributed by atoms with van der Waals surface area (Å²) in [4.78, 5) is 4.71. The Hall–Kier alpha value is -5.40. The van der Waals surface area contributed by atoms with Gasteiger partial charge in [0.25, 0.3) is 0 Å². The molecule has 0 saturated heterocycles. The highest BCUT2D eigenvalue weighted by atomic mass is 32.2. The van der Waals surface area contributed by atoms with Crippen LogP contribution in [0.15, 0.2) is 120 Å². The zero-order valence-electron chi connectivity index (χ0n) is 25.2. The van der Waals surface area contributed by atoms with Gasteiger partial charge in [-0.05, 0) is 53.6 Å². The van der Waals surface area contributed by atoms with Crippen molar-refractivity contribution >= 4 is 20.7 Å². The first-order valence-electron chi connectivity index (χ1n) is 15.1. The number of alkyl halides is 2. The summed E-state index contributed by atoms with van der Waals surface area (Å²) < 4.78 is 61.3. The molecule has 0 atom stereocenters. The predicted molar refractivity (Wildman–Crippen MR) is 174 cm³/mol. The minimum atomic E-state index is -3.51. The molecule has 0 unspecified atom stereocenters. The Kier molecular flexibility index (Phi) is 7.57. The van der Waals surface area contributed by atoms with E-state index in [2.05, 4.69) is 11.1 Å². The smallest absolute Gasteiger partial charge is 0.388 e. The Balaban J connectivity index is 1.60. The first-order chi connectivity index (χ1) is 22.8. The topological polar surface area (TPSA) is 97.9 Å². The monoisotopic (exact) mass is 646 g/mol.